The molecule has 1 saturated carbocycles. The van der Waals surface area contributed by atoms with Gasteiger partial charge in [0.2, 0.25) is 0 Å². The molecule has 96 valence electrons. The largest absolute Gasteiger partial charge is 0.375 e. The predicted molar refractivity (Wildman–Crippen MR) is 69.8 cm³/mol. The van der Waals surface area contributed by atoms with Crippen molar-refractivity contribution in [1.82, 2.24) is 5.32 Å². The Labute approximate surface area is 101 Å². The van der Waals surface area contributed by atoms with Crippen molar-refractivity contribution in [3.63, 3.8) is 0 Å². The van der Waals surface area contributed by atoms with Crippen molar-refractivity contribution in [2.24, 2.45) is 5.92 Å². The fourth-order valence-corrected chi connectivity index (χ4v) is 2.43. The highest BCUT2D eigenvalue weighted by molar-refractivity contribution is 4.90. The number of nitrogens with one attached hydrogen (secondary N) is 1. The van der Waals surface area contributed by atoms with E-state index in [4.69, 9.17) is 4.74 Å². The molecule has 0 aliphatic heterocycles. The molecule has 1 aliphatic rings. The van der Waals surface area contributed by atoms with Gasteiger partial charge in [-0.1, -0.05) is 27.2 Å². The van der Waals surface area contributed by atoms with Gasteiger partial charge in [-0.25, -0.2) is 0 Å². The summed E-state index contributed by atoms with van der Waals surface area (Å²) in [5, 5.41) is 3.40. The van der Waals surface area contributed by atoms with Crippen molar-refractivity contribution in [2.75, 3.05) is 19.7 Å². The van der Waals surface area contributed by atoms with Gasteiger partial charge in [0.25, 0.3) is 0 Å². The van der Waals surface area contributed by atoms with E-state index in [0.717, 1.165) is 25.6 Å². The zero-order valence-corrected chi connectivity index (χ0v) is 11.3. The van der Waals surface area contributed by atoms with Crippen molar-refractivity contribution in [3.8, 4) is 0 Å². The third-order valence-corrected chi connectivity index (χ3v) is 3.73. The molecule has 0 saturated heterocycles. The van der Waals surface area contributed by atoms with Gasteiger partial charge in [-0.15, -0.1) is 0 Å². The molecule has 2 nitrogen and oxygen atoms in total. The van der Waals surface area contributed by atoms with Crippen LogP contribution in [0, 0.1) is 5.92 Å². The molecule has 1 unspecified atom stereocenters. The summed E-state index contributed by atoms with van der Waals surface area (Å²) in [6.07, 6.45) is 7.67. The fraction of sp³-hybridized carbons (Fsp3) is 1.00. The van der Waals surface area contributed by atoms with Gasteiger partial charge in [0, 0.05) is 6.61 Å². The minimum Gasteiger partial charge on any atom is -0.375 e. The smallest absolute Gasteiger partial charge is 0.0694 e. The van der Waals surface area contributed by atoms with Gasteiger partial charge >= 0.3 is 0 Å². The van der Waals surface area contributed by atoms with Gasteiger partial charge < -0.3 is 10.1 Å². The van der Waals surface area contributed by atoms with E-state index in [1.807, 2.05) is 0 Å². The van der Waals surface area contributed by atoms with Gasteiger partial charge in [0.1, 0.15) is 0 Å². The minimum atomic E-state index is 0.240. The molecule has 0 spiro atoms. The van der Waals surface area contributed by atoms with Gasteiger partial charge in [-0.3, -0.25) is 0 Å². The molecule has 0 aromatic carbocycles. The lowest BCUT2D eigenvalue weighted by Gasteiger charge is -2.42. The third kappa shape index (κ3) is 4.42. The van der Waals surface area contributed by atoms with Gasteiger partial charge in [0.15, 0.2) is 0 Å². The average Bonchev–Trinajstić information content (AvgIpc) is 2.21. The van der Waals surface area contributed by atoms with E-state index in [1.54, 1.807) is 0 Å². The second kappa shape index (κ2) is 7.29. The molecule has 0 bridgehead atoms. The Morgan fingerprint density at radius 2 is 2.06 bits per heavy atom. The Bertz CT molecular complexity index is 178. The van der Waals surface area contributed by atoms with E-state index in [0.29, 0.717) is 0 Å². The zero-order valence-electron chi connectivity index (χ0n) is 11.3. The Morgan fingerprint density at radius 1 is 1.31 bits per heavy atom. The molecule has 0 heterocycles. The van der Waals surface area contributed by atoms with Crippen LogP contribution in [0.25, 0.3) is 0 Å². The van der Waals surface area contributed by atoms with Crippen molar-refractivity contribution < 1.29 is 4.74 Å². The molecular weight excluding hydrogens is 198 g/mol. The van der Waals surface area contributed by atoms with Crippen molar-refractivity contribution >= 4 is 0 Å². The molecule has 1 rings (SSSR count). The van der Waals surface area contributed by atoms with Crippen LogP contribution in [-0.2, 0) is 4.74 Å². The number of hydrogen-bond acceptors (Lipinski definition) is 2. The van der Waals surface area contributed by atoms with Crippen LogP contribution in [-0.4, -0.2) is 25.3 Å². The van der Waals surface area contributed by atoms with Crippen LogP contribution >= 0.6 is 0 Å². The van der Waals surface area contributed by atoms with Crippen molar-refractivity contribution in [1.29, 1.82) is 0 Å². The second-order valence-electron chi connectivity index (χ2n) is 5.34. The molecule has 0 aromatic heterocycles. The first-order chi connectivity index (χ1) is 7.72. The highest BCUT2D eigenvalue weighted by atomic mass is 16.5. The lowest BCUT2D eigenvalue weighted by atomic mass is 9.77. The highest BCUT2D eigenvalue weighted by Gasteiger charge is 2.37. The lowest BCUT2D eigenvalue weighted by molar-refractivity contribution is -0.114. The monoisotopic (exact) mass is 227 g/mol. The molecular formula is C14H29NO. The molecule has 1 atom stereocenters. The molecule has 0 amide bonds. The van der Waals surface area contributed by atoms with Crippen LogP contribution in [0.4, 0.5) is 0 Å². The first-order valence-electron chi connectivity index (χ1n) is 7.07. The van der Waals surface area contributed by atoms with Gasteiger partial charge in [-0.2, -0.15) is 0 Å². The van der Waals surface area contributed by atoms with Crippen LogP contribution in [0.5, 0.6) is 0 Å². The SMILES string of the molecule is CCCC(C)COC1(CCNCC)CCC1. The maximum atomic E-state index is 6.19. The van der Waals surface area contributed by atoms with Crippen LogP contribution in [0.1, 0.15) is 59.3 Å². The molecule has 0 radical (unpaired) electrons. The van der Waals surface area contributed by atoms with Crippen molar-refractivity contribution in [2.45, 2.75) is 64.9 Å². The lowest BCUT2D eigenvalue weighted by Crippen LogP contribution is -2.43. The van der Waals surface area contributed by atoms with Crippen LogP contribution in [0.15, 0.2) is 0 Å². The Kier molecular flexibility index (Phi) is 6.37. The first kappa shape index (κ1) is 14.0. The Morgan fingerprint density at radius 3 is 2.56 bits per heavy atom. The Hall–Kier alpha value is -0.0800. The zero-order chi connectivity index (χ0) is 11.9. The van der Waals surface area contributed by atoms with E-state index >= 15 is 0 Å². The molecule has 1 fully saturated rings. The fourth-order valence-electron chi connectivity index (χ4n) is 2.43. The second-order valence-corrected chi connectivity index (χ2v) is 5.34. The van der Waals surface area contributed by atoms with E-state index in [1.165, 1.54) is 38.5 Å². The van der Waals surface area contributed by atoms with Crippen LogP contribution < -0.4 is 5.32 Å². The highest BCUT2D eigenvalue weighted by Crippen LogP contribution is 2.38. The van der Waals surface area contributed by atoms with E-state index in [-0.39, 0.29) is 5.60 Å². The maximum absolute atomic E-state index is 6.19. The summed E-state index contributed by atoms with van der Waals surface area (Å²) >= 11 is 0. The summed E-state index contributed by atoms with van der Waals surface area (Å²) in [5.41, 5.74) is 0.240. The standard InChI is InChI=1S/C14H29NO/c1-4-7-13(3)12-16-14(8-6-9-14)10-11-15-5-2/h13,15H,4-12H2,1-3H3. The Balaban J connectivity index is 2.19. The molecule has 1 N–H and O–H groups in total. The van der Waals surface area contributed by atoms with Crippen LogP contribution in [0.2, 0.25) is 0 Å². The van der Waals surface area contributed by atoms with E-state index < -0.39 is 0 Å². The normalized spacial score (nSPS) is 20.4. The van der Waals surface area contributed by atoms with E-state index in [2.05, 4.69) is 26.1 Å². The third-order valence-electron chi connectivity index (χ3n) is 3.73. The summed E-state index contributed by atoms with van der Waals surface area (Å²) in [6, 6.07) is 0. The summed E-state index contributed by atoms with van der Waals surface area (Å²) in [7, 11) is 0. The number of rotatable bonds is 9. The molecule has 1 aliphatic carbocycles. The molecule has 2 heteroatoms. The summed E-state index contributed by atoms with van der Waals surface area (Å²) in [4.78, 5) is 0. The minimum absolute atomic E-state index is 0.240. The molecule has 16 heavy (non-hydrogen) atoms. The predicted octanol–water partition coefficient (Wildman–Crippen LogP) is 3.36. The summed E-state index contributed by atoms with van der Waals surface area (Å²) in [6.45, 7) is 9.86. The van der Waals surface area contributed by atoms with Crippen molar-refractivity contribution in [3.05, 3.63) is 0 Å². The number of hydrogen-bond donors (Lipinski definition) is 1. The number of ether oxygens (including phenoxy) is 1. The van der Waals surface area contributed by atoms with E-state index in [9.17, 15) is 0 Å². The average molecular weight is 227 g/mol. The quantitative estimate of drug-likeness (QED) is 0.610. The molecule has 0 aromatic rings. The van der Waals surface area contributed by atoms with Gasteiger partial charge in [-0.05, 0) is 51.1 Å². The topological polar surface area (TPSA) is 21.3 Å². The maximum Gasteiger partial charge on any atom is 0.0694 e. The summed E-state index contributed by atoms with van der Waals surface area (Å²) < 4.78 is 6.19. The van der Waals surface area contributed by atoms with Gasteiger partial charge in [0.05, 0.1) is 5.60 Å². The first-order valence-corrected chi connectivity index (χ1v) is 7.07. The van der Waals surface area contributed by atoms with Crippen LogP contribution in [0.3, 0.4) is 0 Å². The summed E-state index contributed by atoms with van der Waals surface area (Å²) in [5.74, 6) is 0.724.